The van der Waals surface area contributed by atoms with Crippen LogP contribution in [0.25, 0.3) is 17.0 Å². The summed E-state index contributed by atoms with van der Waals surface area (Å²) in [5.74, 6) is -0.418. The molecule has 1 saturated heterocycles. The Balaban J connectivity index is 1.70. The quantitative estimate of drug-likeness (QED) is 0.709. The van der Waals surface area contributed by atoms with Crippen LogP contribution < -0.4 is 5.32 Å². The number of hydrogen-bond donors (Lipinski definition) is 2. The number of piperazine rings is 1. The van der Waals surface area contributed by atoms with E-state index in [1.807, 2.05) is 60.8 Å². The molecule has 124 valence electrons. The predicted octanol–water partition coefficient (Wildman–Crippen LogP) is 2.84. The molecule has 5 nitrogen and oxygen atoms in total. The first-order valence-corrected chi connectivity index (χ1v) is 8.06. The Morgan fingerprint density at radius 2 is 1.72 bits per heavy atom. The number of likely N-dealkylation sites (N-methyl/N-ethyl adjacent to an activating group) is 1. The molecular weight excluding hydrogens is 314 g/mol. The van der Waals surface area contributed by atoms with E-state index in [1.54, 1.807) is 13.1 Å². The molecule has 1 aromatic heterocycles. The van der Waals surface area contributed by atoms with Gasteiger partial charge < -0.3 is 15.2 Å². The van der Waals surface area contributed by atoms with Crippen LogP contribution in [-0.2, 0) is 9.59 Å². The highest BCUT2D eigenvalue weighted by Gasteiger charge is 2.35. The topological polar surface area (TPSA) is 65.2 Å². The fourth-order valence-electron chi connectivity index (χ4n) is 3.13. The van der Waals surface area contributed by atoms with Gasteiger partial charge in [-0.3, -0.25) is 9.59 Å². The molecule has 0 radical (unpaired) electrons. The van der Waals surface area contributed by atoms with Crippen LogP contribution in [0.4, 0.5) is 0 Å². The first kappa shape index (κ1) is 15.2. The van der Waals surface area contributed by atoms with Gasteiger partial charge in [0.15, 0.2) is 0 Å². The number of rotatable bonds is 2. The van der Waals surface area contributed by atoms with Crippen molar-refractivity contribution >= 4 is 28.8 Å². The van der Waals surface area contributed by atoms with Gasteiger partial charge >= 0.3 is 0 Å². The van der Waals surface area contributed by atoms with Crippen LogP contribution in [0.5, 0.6) is 0 Å². The van der Waals surface area contributed by atoms with E-state index < -0.39 is 6.04 Å². The van der Waals surface area contributed by atoms with Gasteiger partial charge in [0.1, 0.15) is 11.7 Å². The minimum atomic E-state index is -0.654. The van der Waals surface area contributed by atoms with E-state index in [0.29, 0.717) is 5.70 Å². The summed E-state index contributed by atoms with van der Waals surface area (Å²) in [7, 11) is 1.64. The standard InChI is InChI=1S/C20H17N3O2/c1-23-17(11-14-12-21-16-10-6-5-9-15(14)16)19(24)22-18(20(23)25)13-7-3-2-4-8-13/h2-12,18,21H,1H3,(H,22,24)/b17-11+. The van der Waals surface area contributed by atoms with Crippen LogP contribution >= 0.6 is 0 Å². The monoisotopic (exact) mass is 331 g/mol. The number of amides is 2. The molecule has 1 atom stereocenters. The number of hydrogen-bond acceptors (Lipinski definition) is 2. The molecule has 3 aromatic rings. The van der Waals surface area contributed by atoms with Gasteiger partial charge in [-0.1, -0.05) is 48.5 Å². The van der Waals surface area contributed by atoms with Crippen molar-refractivity contribution in [3.8, 4) is 0 Å². The molecule has 2 amide bonds. The molecule has 2 aromatic carbocycles. The van der Waals surface area contributed by atoms with E-state index in [4.69, 9.17) is 0 Å². The zero-order chi connectivity index (χ0) is 17.4. The third kappa shape index (κ3) is 2.59. The highest BCUT2D eigenvalue weighted by Crippen LogP contribution is 2.26. The van der Waals surface area contributed by atoms with Crippen LogP contribution in [0.3, 0.4) is 0 Å². The smallest absolute Gasteiger partial charge is 0.268 e. The Labute approximate surface area is 145 Å². The molecule has 0 saturated carbocycles. The lowest BCUT2D eigenvalue weighted by Crippen LogP contribution is -2.50. The minimum Gasteiger partial charge on any atom is -0.361 e. The van der Waals surface area contributed by atoms with Gasteiger partial charge in [-0.15, -0.1) is 0 Å². The molecule has 0 aliphatic carbocycles. The Morgan fingerprint density at radius 3 is 2.52 bits per heavy atom. The highest BCUT2D eigenvalue weighted by molar-refractivity contribution is 6.08. The second-order valence-electron chi connectivity index (χ2n) is 6.03. The molecule has 1 aliphatic heterocycles. The van der Waals surface area contributed by atoms with E-state index in [9.17, 15) is 9.59 Å². The van der Waals surface area contributed by atoms with Crippen LogP contribution in [0.1, 0.15) is 17.2 Å². The second-order valence-corrected chi connectivity index (χ2v) is 6.03. The van der Waals surface area contributed by atoms with Crippen molar-refractivity contribution in [3.05, 3.63) is 77.6 Å². The molecule has 0 spiro atoms. The zero-order valence-electron chi connectivity index (χ0n) is 13.7. The Kier molecular flexibility index (Phi) is 3.61. The van der Waals surface area contributed by atoms with E-state index in [0.717, 1.165) is 22.0 Å². The summed E-state index contributed by atoms with van der Waals surface area (Å²) in [5, 5.41) is 3.82. The van der Waals surface area contributed by atoms with Gasteiger partial charge in [0, 0.05) is 29.7 Å². The molecule has 0 bridgehead atoms. The minimum absolute atomic E-state index is 0.156. The number of carbonyl (C=O) groups is 2. The summed E-state index contributed by atoms with van der Waals surface area (Å²) < 4.78 is 0. The Morgan fingerprint density at radius 1 is 1.00 bits per heavy atom. The van der Waals surface area contributed by atoms with Crippen molar-refractivity contribution in [1.82, 2.24) is 15.2 Å². The first-order valence-electron chi connectivity index (χ1n) is 8.06. The number of H-pyrrole nitrogens is 1. The van der Waals surface area contributed by atoms with Crippen molar-refractivity contribution in [2.24, 2.45) is 0 Å². The lowest BCUT2D eigenvalue weighted by molar-refractivity contribution is -0.139. The van der Waals surface area contributed by atoms with Gasteiger partial charge in [0.25, 0.3) is 11.8 Å². The van der Waals surface area contributed by atoms with Crippen molar-refractivity contribution in [2.75, 3.05) is 7.05 Å². The number of nitrogens with zero attached hydrogens (tertiary/aromatic N) is 1. The Hall–Kier alpha value is -3.34. The number of nitrogens with one attached hydrogen (secondary N) is 2. The molecule has 1 fully saturated rings. The van der Waals surface area contributed by atoms with E-state index >= 15 is 0 Å². The van der Waals surface area contributed by atoms with Gasteiger partial charge in [-0.25, -0.2) is 0 Å². The van der Waals surface area contributed by atoms with Crippen LogP contribution in [0.15, 0.2) is 66.5 Å². The number of aromatic amines is 1. The SMILES string of the molecule is CN1C(=O)C(c2ccccc2)NC(=O)/C1=C\c1c[nH]c2ccccc12. The molecule has 2 N–H and O–H groups in total. The zero-order valence-corrected chi connectivity index (χ0v) is 13.7. The molecule has 25 heavy (non-hydrogen) atoms. The Bertz CT molecular complexity index is 988. The van der Waals surface area contributed by atoms with Crippen molar-refractivity contribution in [3.63, 3.8) is 0 Å². The van der Waals surface area contributed by atoms with Crippen LogP contribution in [-0.4, -0.2) is 28.7 Å². The number of benzene rings is 2. The fourth-order valence-corrected chi connectivity index (χ4v) is 3.13. The average molecular weight is 331 g/mol. The first-order chi connectivity index (χ1) is 12.1. The van der Waals surface area contributed by atoms with Gasteiger partial charge in [-0.05, 0) is 17.7 Å². The maximum absolute atomic E-state index is 12.7. The molecule has 4 rings (SSSR count). The van der Waals surface area contributed by atoms with Gasteiger partial charge in [0.05, 0.1) is 0 Å². The highest BCUT2D eigenvalue weighted by atomic mass is 16.2. The van der Waals surface area contributed by atoms with E-state index in [2.05, 4.69) is 10.3 Å². The third-order valence-electron chi connectivity index (χ3n) is 4.49. The lowest BCUT2D eigenvalue weighted by atomic mass is 10.0. The van der Waals surface area contributed by atoms with Crippen molar-refractivity contribution < 1.29 is 9.59 Å². The number of fused-ring (bicyclic) bond motifs is 1. The van der Waals surface area contributed by atoms with E-state index in [1.165, 1.54) is 4.90 Å². The third-order valence-corrected chi connectivity index (χ3v) is 4.49. The maximum atomic E-state index is 12.7. The molecule has 2 heterocycles. The van der Waals surface area contributed by atoms with Gasteiger partial charge in [-0.2, -0.15) is 0 Å². The van der Waals surface area contributed by atoms with Crippen LogP contribution in [0.2, 0.25) is 0 Å². The molecule has 1 unspecified atom stereocenters. The summed E-state index contributed by atoms with van der Waals surface area (Å²) in [6.07, 6.45) is 3.58. The average Bonchev–Trinajstić information content (AvgIpc) is 3.05. The summed E-state index contributed by atoms with van der Waals surface area (Å²) in [4.78, 5) is 30.0. The normalized spacial score (nSPS) is 19.5. The van der Waals surface area contributed by atoms with Crippen LogP contribution in [0, 0.1) is 0 Å². The largest absolute Gasteiger partial charge is 0.361 e. The molecular formula is C20H17N3O2. The summed E-state index contributed by atoms with van der Waals surface area (Å²) in [6.45, 7) is 0. The molecule has 1 aliphatic rings. The lowest BCUT2D eigenvalue weighted by Gasteiger charge is -2.32. The number of aromatic nitrogens is 1. The molecule has 5 heteroatoms. The predicted molar refractivity (Wildman–Crippen MR) is 96.4 cm³/mol. The summed E-state index contributed by atoms with van der Waals surface area (Å²) in [5.41, 5.74) is 2.97. The fraction of sp³-hybridized carbons (Fsp3) is 0.100. The summed E-state index contributed by atoms with van der Waals surface area (Å²) in [6, 6.07) is 16.5. The van der Waals surface area contributed by atoms with Gasteiger partial charge in [0.2, 0.25) is 0 Å². The summed E-state index contributed by atoms with van der Waals surface area (Å²) >= 11 is 0. The number of para-hydroxylation sites is 1. The van der Waals surface area contributed by atoms with Crippen molar-refractivity contribution in [1.29, 1.82) is 0 Å². The van der Waals surface area contributed by atoms with Crippen molar-refractivity contribution in [2.45, 2.75) is 6.04 Å². The number of carbonyl (C=O) groups excluding carboxylic acids is 2. The maximum Gasteiger partial charge on any atom is 0.268 e. The van der Waals surface area contributed by atoms with E-state index in [-0.39, 0.29) is 11.8 Å². The second kappa shape index (κ2) is 5.94.